The molecule has 0 spiro atoms. The molecule has 4 nitrogen and oxygen atoms in total. The Morgan fingerprint density at radius 3 is 2.88 bits per heavy atom. The molecular formula is C12H21ClN4. The van der Waals surface area contributed by atoms with Crippen molar-refractivity contribution in [3.05, 3.63) is 16.4 Å². The first-order valence-electron chi connectivity index (χ1n) is 6.30. The molecule has 96 valence electrons. The van der Waals surface area contributed by atoms with Gasteiger partial charge in [-0.05, 0) is 25.8 Å². The highest BCUT2D eigenvalue weighted by Gasteiger charge is 2.20. The maximum Gasteiger partial charge on any atom is 0.0863 e. The summed E-state index contributed by atoms with van der Waals surface area (Å²) in [5.74, 6) is 0. The highest BCUT2D eigenvalue weighted by molar-refractivity contribution is 6.31. The molecule has 0 amide bonds. The van der Waals surface area contributed by atoms with Crippen LogP contribution >= 0.6 is 11.6 Å². The van der Waals surface area contributed by atoms with Crippen LogP contribution in [-0.4, -0.2) is 33.8 Å². The Morgan fingerprint density at radius 1 is 1.53 bits per heavy atom. The number of rotatable bonds is 3. The van der Waals surface area contributed by atoms with Crippen LogP contribution < -0.4 is 5.73 Å². The molecule has 1 unspecified atom stereocenters. The summed E-state index contributed by atoms with van der Waals surface area (Å²) in [4.78, 5) is 2.37. The van der Waals surface area contributed by atoms with Gasteiger partial charge in [-0.1, -0.05) is 18.5 Å². The van der Waals surface area contributed by atoms with Crippen molar-refractivity contribution >= 4 is 11.6 Å². The Hall–Kier alpha value is -0.580. The molecule has 1 fully saturated rings. The minimum Gasteiger partial charge on any atom is -0.327 e. The third-order valence-electron chi connectivity index (χ3n) is 3.42. The number of nitrogens with two attached hydrogens (primary N) is 1. The van der Waals surface area contributed by atoms with Gasteiger partial charge in [0.1, 0.15) is 0 Å². The second kappa shape index (κ2) is 5.38. The Labute approximate surface area is 108 Å². The van der Waals surface area contributed by atoms with Crippen LogP contribution in [0.1, 0.15) is 31.2 Å². The van der Waals surface area contributed by atoms with E-state index in [1.807, 2.05) is 11.7 Å². The molecule has 1 saturated heterocycles. The summed E-state index contributed by atoms with van der Waals surface area (Å²) in [6.07, 6.45) is 3.19. The van der Waals surface area contributed by atoms with Gasteiger partial charge in [-0.25, -0.2) is 0 Å². The molecule has 2 rings (SSSR count). The van der Waals surface area contributed by atoms with Crippen LogP contribution in [0.15, 0.2) is 0 Å². The van der Waals surface area contributed by atoms with Crippen LogP contribution in [0.2, 0.25) is 5.02 Å². The summed E-state index contributed by atoms with van der Waals surface area (Å²) < 4.78 is 1.90. The summed E-state index contributed by atoms with van der Waals surface area (Å²) in [6, 6.07) is 0.307. The molecule has 2 N–H and O–H groups in total. The number of hydrogen-bond acceptors (Lipinski definition) is 3. The topological polar surface area (TPSA) is 47.1 Å². The number of aryl methyl sites for hydroxylation is 2. The third kappa shape index (κ3) is 2.81. The summed E-state index contributed by atoms with van der Waals surface area (Å²) in [6.45, 7) is 5.00. The predicted molar refractivity (Wildman–Crippen MR) is 70.1 cm³/mol. The van der Waals surface area contributed by atoms with E-state index in [9.17, 15) is 0 Å². The van der Waals surface area contributed by atoms with Gasteiger partial charge in [-0.2, -0.15) is 5.10 Å². The van der Waals surface area contributed by atoms with E-state index in [1.165, 1.54) is 6.42 Å². The lowest BCUT2D eigenvalue weighted by Crippen LogP contribution is -2.42. The molecule has 0 saturated carbocycles. The van der Waals surface area contributed by atoms with E-state index in [4.69, 9.17) is 17.3 Å². The monoisotopic (exact) mass is 256 g/mol. The average molecular weight is 257 g/mol. The van der Waals surface area contributed by atoms with Crippen molar-refractivity contribution < 1.29 is 0 Å². The molecule has 1 aromatic heterocycles. The number of likely N-dealkylation sites (tertiary alicyclic amines) is 1. The maximum atomic E-state index is 6.34. The highest BCUT2D eigenvalue weighted by Crippen LogP contribution is 2.23. The molecule has 1 atom stereocenters. The van der Waals surface area contributed by atoms with Crippen LogP contribution in [0.5, 0.6) is 0 Å². The number of nitrogens with zero attached hydrogens (tertiary/aromatic N) is 3. The maximum absolute atomic E-state index is 6.34. The number of halogens is 1. The van der Waals surface area contributed by atoms with Crippen molar-refractivity contribution in [2.24, 2.45) is 12.8 Å². The van der Waals surface area contributed by atoms with Crippen molar-refractivity contribution in [1.82, 2.24) is 14.7 Å². The Balaban J connectivity index is 2.10. The Morgan fingerprint density at radius 2 is 2.29 bits per heavy atom. The van der Waals surface area contributed by atoms with Crippen molar-refractivity contribution in [2.75, 3.05) is 13.1 Å². The van der Waals surface area contributed by atoms with Gasteiger partial charge in [0.25, 0.3) is 0 Å². The molecule has 5 heteroatoms. The quantitative estimate of drug-likeness (QED) is 0.893. The van der Waals surface area contributed by atoms with Crippen molar-refractivity contribution in [1.29, 1.82) is 0 Å². The predicted octanol–water partition coefficient (Wildman–Crippen LogP) is 1.56. The molecule has 0 aromatic carbocycles. The van der Waals surface area contributed by atoms with Crippen LogP contribution in [0.3, 0.4) is 0 Å². The van der Waals surface area contributed by atoms with Crippen molar-refractivity contribution in [2.45, 2.75) is 38.8 Å². The summed E-state index contributed by atoms with van der Waals surface area (Å²) in [7, 11) is 1.96. The first-order valence-corrected chi connectivity index (χ1v) is 6.67. The molecule has 1 aliphatic rings. The molecule has 0 aliphatic carbocycles. The molecule has 0 bridgehead atoms. The molecule has 2 heterocycles. The van der Waals surface area contributed by atoms with Gasteiger partial charge in [0.05, 0.1) is 16.4 Å². The van der Waals surface area contributed by atoms with E-state index in [0.29, 0.717) is 6.04 Å². The molecule has 0 radical (unpaired) electrons. The molecule has 1 aliphatic heterocycles. The molecule has 1 aromatic rings. The minimum absolute atomic E-state index is 0.307. The van der Waals surface area contributed by atoms with Crippen LogP contribution in [0.25, 0.3) is 0 Å². The van der Waals surface area contributed by atoms with E-state index in [-0.39, 0.29) is 0 Å². The van der Waals surface area contributed by atoms with E-state index >= 15 is 0 Å². The summed E-state index contributed by atoms with van der Waals surface area (Å²) in [5.41, 5.74) is 8.09. The SMILES string of the molecule is CCc1nn(C)c(CN2CCCC(N)C2)c1Cl. The van der Waals surface area contributed by atoms with Crippen LogP contribution in [0.4, 0.5) is 0 Å². The largest absolute Gasteiger partial charge is 0.327 e. The van der Waals surface area contributed by atoms with Gasteiger partial charge in [-0.3, -0.25) is 9.58 Å². The smallest absolute Gasteiger partial charge is 0.0863 e. The lowest BCUT2D eigenvalue weighted by atomic mass is 10.1. The number of aromatic nitrogens is 2. The fourth-order valence-corrected chi connectivity index (χ4v) is 2.79. The fraction of sp³-hybridized carbons (Fsp3) is 0.750. The zero-order valence-electron chi connectivity index (χ0n) is 10.6. The first-order chi connectivity index (χ1) is 8.11. The average Bonchev–Trinajstić information content (AvgIpc) is 2.56. The number of hydrogen-bond donors (Lipinski definition) is 1. The van der Waals surface area contributed by atoms with Gasteiger partial charge in [0.2, 0.25) is 0 Å². The molecular weight excluding hydrogens is 236 g/mol. The summed E-state index contributed by atoms with van der Waals surface area (Å²) >= 11 is 6.34. The lowest BCUT2D eigenvalue weighted by molar-refractivity contribution is 0.197. The zero-order valence-corrected chi connectivity index (χ0v) is 11.4. The Kier molecular flexibility index (Phi) is 4.07. The van der Waals surface area contributed by atoms with Gasteiger partial charge < -0.3 is 5.73 Å². The third-order valence-corrected chi connectivity index (χ3v) is 3.85. The zero-order chi connectivity index (χ0) is 12.4. The standard InChI is InChI=1S/C12H21ClN4/c1-3-10-12(13)11(16(2)15-10)8-17-6-4-5-9(14)7-17/h9H,3-8,14H2,1-2H3. The van der Waals surface area contributed by atoms with Crippen molar-refractivity contribution in [3.63, 3.8) is 0 Å². The summed E-state index contributed by atoms with van der Waals surface area (Å²) in [5, 5.41) is 5.27. The van der Waals surface area contributed by atoms with E-state index in [1.54, 1.807) is 0 Å². The Bertz CT molecular complexity index is 388. The fourth-order valence-electron chi connectivity index (χ4n) is 2.44. The van der Waals surface area contributed by atoms with Crippen LogP contribution in [-0.2, 0) is 20.0 Å². The minimum atomic E-state index is 0.307. The van der Waals surface area contributed by atoms with E-state index in [2.05, 4.69) is 16.9 Å². The second-order valence-electron chi connectivity index (χ2n) is 4.82. The molecule has 17 heavy (non-hydrogen) atoms. The van der Waals surface area contributed by atoms with E-state index < -0.39 is 0 Å². The normalized spacial score (nSPS) is 22.0. The highest BCUT2D eigenvalue weighted by atomic mass is 35.5. The first kappa shape index (κ1) is 12.9. The lowest BCUT2D eigenvalue weighted by Gasteiger charge is -2.30. The van der Waals surface area contributed by atoms with E-state index in [0.717, 1.165) is 48.9 Å². The van der Waals surface area contributed by atoms with Crippen LogP contribution in [0, 0.1) is 0 Å². The number of piperidine rings is 1. The second-order valence-corrected chi connectivity index (χ2v) is 5.20. The van der Waals surface area contributed by atoms with Gasteiger partial charge >= 0.3 is 0 Å². The van der Waals surface area contributed by atoms with Gasteiger partial charge in [-0.15, -0.1) is 0 Å². The van der Waals surface area contributed by atoms with Crippen molar-refractivity contribution in [3.8, 4) is 0 Å². The van der Waals surface area contributed by atoms with Gasteiger partial charge in [0.15, 0.2) is 0 Å². The van der Waals surface area contributed by atoms with Gasteiger partial charge in [0, 0.05) is 26.2 Å².